The van der Waals surface area contributed by atoms with E-state index in [0.29, 0.717) is 17.1 Å². The van der Waals surface area contributed by atoms with Crippen LogP contribution in [-0.4, -0.2) is 24.0 Å². The number of carbonyl (C=O) groups excluding carboxylic acids is 1. The Morgan fingerprint density at radius 3 is 2.94 bits per heavy atom. The summed E-state index contributed by atoms with van der Waals surface area (Å²) in [5, 5.41) is 3.38. The van der Waals surface area contributed by atoms with Crippen molar-refractivity contribution in [2.24, 2.45) is 5.73 Å². The van der Waals surface area contributed by atoms with Gasteiger partial charge in [-0.3, -0.25) is 4.79 Å². The zero-order valence-electron chi connectivity index (χ0n) is 9.37. The molecule has 1 atom stereocenters. The molecule has 0 heterocycles. The summed E-state index contributed by atoms with van der Waals surface area (Å²) < 4.78 is 0.746. The smallest absolute Gasteiger partial charge is 0.241 e. The highest BCUT2D eigenvalue weighted by Crippen LogP contribution is 2.25. The minimum Gasteiger partial charge on any atom is -0.324 e. The summed E-state index contributed by atoms with van der Waals surface area (Å²) in [6, 6.07) is 4.70. The quantitative estimate of drug-likeness (QED) is 0.868. The highest BCUT2D eigenvalue weighted by Gasteiger charge is 2.14. The molecule has 1 aromatic carbocycles. The van der Waals surface area contributed by atoms with Gasteiger partial charge in [0.25, 0.3) is 0 Å². The minimum absolute atomic E-state index is 0.179. The van der Waals surface area contributed by atoms with Crippen molar-refractivity contribution in [3.63, 3.8) is 0 Å². The molecule has 0 fully saturated rings. The average molecular weight is 338 g/mol. The first-order valence-corrected chi connectivity index (χ1v) is 7.61. The largest absolute Gasteiger partial charge is 0.324 e. The molecule has 0 radical (unpaired) electrons. The predicted molar refractivity (Wildman–Crippen MR) is 78.8 cm³/mol. The van der Waals surface area contributed by atoms with Gasteiger partial charge in [-0.15, -0.1) is 0 Å². The second-order valence-electron chi connectivity index (χ2n) is 3.50. The molecule has 1 rings (SSSR count). The molecule has 0 aliphatic rings. The normalized spacial score (nSPS) is 12.2. The lowest BCUT2D eigenvalue weighted by Gasteiger charge is -2.12. The van der Waals surface area contributed by atoms with Gasteiger partial charge in [0, 0.05) is 9.50 Å². The second kappa shape index (κ2) is 7.26. The first kappa shape index (κ1) is 14.8. The Morgan fingerprint density at radius 1 is 1.65 bits per heavy atom. The van der Waals surface area contributed by atoms with Gasteiger partial charge in [0.2, 0.25) is 5.91 Å². The molecule has 0 spiro atoms. The lowest BCUT2D eigenvalue weighted by molar-refractivity contribution is -0.117. The fraction of sp³-hybridized carbons (Fsp3) is 0.364. The molecule has 0 saturated carbocycles. The number of carbonyl (C=O) groups is 1. The molecule has 1 aromatic rings. The van der Waals surface area contributed by atoms with Crippen LogP contribution in [0, 0.1) is 0 Å². The maximum atomic E-state index is 11.8. The number of halogens is 2. The van der Waals surface area contributed by atoms with E-state index >= 15 is 0 Å². The molecule has 0 aromatic heterocycles. The number of amides is 1. The van der Waals surface area contributed by atoms with Gasteiger partial charge >= 0.3 is 0 Å². The van der Waals surface area contributed by atoms with Crippen LogP contribution < -0.4 is 11.1 Å². The van der Waals surface area contributed by atoms with Crippen LogP contribution in [0.3, 0.4) is 0 Å². The molecule has 6 heteroatoms. The third-order valence-corrected chi connectivity index (χ3v) is 3.69. The Hall–Kier alpha value is -0.230. The maximum absolute atomic E-state index is 11.8. The van der Waals surface area contributed by atoms with E-state index in [1.165, 1.54) is 0 Å². The Bertz CT molecular complexity index is 403. The minimum atomic E-state index is -0.481. The lowest BCUT2D eigenvalue weighted by atomic mass is 10.2. The second-order valence-corrected chi connectivity index (χ2v) is 5.78. The summed E-state index contributed by atoms with van der Waals surface area (Å²) in [5.41, 5.74) is 6.44. The van der Waals surface area contributed by atoms with E-state index in [0.717, 1.165) is 10.2 Å². The van der Waals surface area contributed by atoms with Crippen molar-refractivity contribution in [2.45, 2.75) is 12.5 Å². The third kappa shape index (κ3) is 4.87. The van der Waals surface area contributed by atoms with Crippen LogP contribution in [0.1, 0.15) is 6.42 Å². The number of hydrogen-bond donors (Lipinski definition) is 2. The van der Waals surface area contributed by atoms with E-state index in [1.54, 1.807) is 30.0 Å². The number of nitrogens with two attached hydrogens (primary N) is 1. The Morgan fingerprint density at radius 2 is 2.35 bits per heavy atom. The van der Waals surface area contributed by atoms with Crippen LogP contribution in [-0.2, 0) is 4.79 Å². The number of benzene rings is 1. The van der Waals surface area contributed by atoms with Crippen molar-refractivity contribution in [1.29, 1.82) is 0 Å². The van der Waals surface area contributed by atoms with Gasteiger partial charge in [-0.05, 0) is 52.6 Å². The van der Waals surface area contributed by atoms with Gasteiger partial charge < -0.3 is 11.1 Å². The Balaban J connectivity index is 2.61. The van der Waals surface area contributed by atoms with E-state index < -0.39 is 6.04 Å². The standard InChI is InChI=1S/C11H14BrClN2OS/c1-17-5-4-9(14)11(16)15-10-3-2-7(13)6-8(10)12/h2-3,6,9H,4-5,14H2,1H3,(H,15,16)/t9-/m1/s1. The van der Waals surface area contributed by atoms with Crippen LogP contribution in [0.15, 0.2) is 22.7 Å². The molecule has 3 nitrogen and oxygen atoms in total. The maximum Gasteiger partial charge on any atom is 0.241 e. The monoisotopic (exact) mass is 336 g/mol. The van der Waals surface area contributed by atoms with Crippen molar-refractivity contribution < 1.29 is 4.79 Å². The molecule has 0 aliphatic heterocycles. The lowest BCUT2D eigenvalue weighted by Crippen LogP contribution is -2.36. The molecule has 0 aliphatic carbocycles. The van der Waals surface area contributed by atoms with Crippen molar-refractivity contribution in [3.05, 3.63) is 27.7 Å². The van der Waals surface area contributed by atoms with Crippen LogP contribution in [0.25, 0.3) is 0 Å². The van der Waals surface area contributed by atoms with E-state index in [1.807, 2.05) is 6.26 Å². The van der Waals surface area contributed by atoms with Crippen LogP contribution >= 0.6 is 39.3 Å². The van der Waals surface area contributed by atoms with Crippen LogP contribution in [0.5, 0.6) is 0 Å². The fourth-order valence-electron chi connectivity index (χ4n) is 1.19. The summed E-state index contributed by atoms with van der Waals surface area (Å²) in [4.78, 5) is 11.8. The summed E-state index contributed by atoms with van der Waals surface area (Å²) in [6.07, 6.45) is 2.65. The molecule has 3 N–H and O–H groups in total. The first-order chi connectivity index (χ1) is 8.04. The van der Waals surface area contributed by atoms with Gasteiger partial charge in [0.1, 0.15) is 0 Å². The number of thioether (sulfide) groups is 1. The fourth-order valence-corrected chi connectivity index (χ4v) is 2.46. The van der Waals surface area contributed by atoms with E-state index in [-0.39, 0.29) is 5.91 Å². The number of anilines is 1. The summed E-state index contributed by atoms with van der Waals surface area (Å²) >= 11 is 10.8. The zero-order chi connectivity index (χ0) is 12.8. The molecule has 0 bridgehead atoms. The van der Waals surface area contributed by atoms with E-state index in [9.17, 15) is 4.79 Å². The van der Waals surface area contributed by atoms with Gasteiger partial charge in [-0.25, -0.2) is 0 Å². The van der Waals surface area contributed by atoms with E-state index in [2.05, 4.69) is 21.2 Å². The highest BCUT2D eigenvalue weighted by atomic mass is 79.9. The number of rotatable bonds is 5. The molecule has 17 heavy (non-hydrogen) atoms. The first-order valence-electron chi connectivity index (χ1n) is 5.05. The van der Waals surface area contributed by atoms with Crippen molar-refractivity contribution >= 4 is 50.9 Å². The summed E-state index contributed by atoms with van der Waals surface area (Å²) in [5.74, 6) is 0.693. The zero-order valence-corrected chi connectivity index (χ0v) is 12.5. The van der Waals surface area contributed by atoms with Crippen molar-refractivity contribution in [1.82, 2.24) is 0 Å². The van der Waals surface area contributed by atoms with Crippen LogP contribution in [0.2, 0.25) is 5.02 Å². The number of nitrogens with one attached hydrogen (secondary N) is 1. The Kier molecular flexibility index (Phi) is 6.33. The topological polar surface area (TPSA) is 55.1 Å². The highest BCUT2D eigenvalue weighted by molar-refractivity contribution is 9.10. The number of hydrogen-bond acceptors (Lipinski definition) is 3. The van der Waals surface area contributed by atoms with E-state index in [4.69, 9.17) is 17.3 Å². The molecular formula is C11H14BrClN2OS. The molecule has 0 unspecified atom stereocenters. The van der Waals surface area contributed by atoms with Gasteiger partial charge in [-0.1, -0.05) is 11.6 Å². The molecule has 0 saturated heterocycles. The van der Waals surface area contributed by atoms with Crippen molar-refractivity contribution in [2.75, 3.05) is 17.3 Å². The predicted octanol–water partition coefficient (Wildman–Crippen LogP) is 3.12. The van der Waals surface area contributed by atoms with Crippen molar-refractivity contribution in [3.8, 4) is 0 Å². The van der Waals surface area contributed by atoms with Crippen LogP contribution in [0.4, 0.5) is 5.69 Å². The summed E-state index contributed by atoms with van der Waals surface area (Å²) in [6.45, 7) is 0. The van der Waals surface area contributed by atoms with Gasteiger partial charge in [0.05, 0.1) is 11.7 Å². The molecular weight excluding hydrogens is 324 g/mol. The van der Waals surface area contributed by atoms with Gasteiger partial charge in [-0.2, -0.15) is 11.8 Å². The average Bonchev–Trinajstić information content (AvgIpc) is 2.29. The Labute approximate surface area is 119 Å². The van der Waals surface area contributed by atoms with Gasteiger partial charge in [0.15, 0.2) is 0 Å². The molecule has 1 amide bonds. The molecule has 94 valence electrons. The summed E-state index contributed by atoms with van der Waals surface area (Å²) in [7, 11) is 0. The third-order valence-electron chi connectivity index (χ3n) is 2.16. The SMILES string of the molecule is CSCC[C@@H](N)C(=O)Nc1ccc(Cl)cc1Br.